The smallest absolute Gasteiger partial charge is 0.250 e. The molecule has 0 aromatic heterocycles. The maximum Gasteiger partial charge on any atom is 0.250 e. The number of aryl methyl sites for hydroxylation is 1. The quantitative estimate of drug-likeness (QED) is 0.798. The van der Waals surface area contributed by atoms with Crippen LogP contribution in [0.25, 0.3) is 0 Å². The van der Waals surface area contributed by atoms with Gasteiger partial charge >= 0.3 is 0 Å². The highest BCUT2D eigenvalue weighted by Gasteiger charge is 2.28. The van der Waals surface area contributed by atoms with Crippen molar-refractivity contribution in [2.75, 3.05) is 38.5 Å². The molecule has 3 aliphatic heterocycles. The maximum absolute atomic E-state index is 11.3. The number of amides is 1. The average molecular weight is 302 g/mol. The van der Waals surface area contributed by atoms with E-state index in [4.69, 9.17) is 11.5 Å². The van der Waals surface area contributed by atoms with Crippen LogP contribution in [0.2, 0.25) is 0 Å². The lowest BCUT2D eigenvalue weighted by molar-refractivity contribution is 0.100. The molecule has 5 nitrogen and oxygen atoms in total. The highest BCUT2D eigenvalue weighted by Crippen LogP contribution is 2.21. The van der Waals surface area contributed by atoms with Crippen LogP contribution in [0.15, 0.2) is 18.2 Å². The van der Waals surface area contributed by atoms with Gasteiger partial charge in [0.05, 0.1) is 5.56 Å². The number of piperidine rings is 1. The summed E-state index contributed by atoms with van der Waals surface area (Å²) in [5.41, 5.74) is 13.2. The van der Waals surface area contributed by atoms with Crippen LogP contribution < -0.4 is 11.5 Å². The van der Waals surface area contributed by atoms with Gasteiger partial charge < -0.3 is 16.4 Å². The van der Waals surface area contributed by atoms with E-state index in [1.54, 1.807) is 6.07 Å². The second kappa shape index (κ2) is 6.67. The highest BCUT2D eigenvalue weighted by atomic mass is 16.1. The summed E-state index contributed by atoms with van der Waals surface area (Å²) in [6, 6.07) is 6.40. The Morgan fingerprint density at radius 3 is 2.68 bits per heavy atom. The molecule has 1 aromatic rings. The van der Waals surface area contributed by atoms with Gasteiger partial charge in [-0.2, -0.15) is 0 Å². The Labute approximate surface area is 132 Å². The van der Waals surface area contributed by atoms with E-state index >= 15 is 0 Å². The van der Waals surface area contributed by atoms with E-state index in [0.717, 1.165) is 31.0 Å². The summed E-state index contributed by atoms with van der Waals surface area (Å²) in [7, 11) is 0. The molecule has 3 saturated heterocycles. The molecule has 0 atom stereocenters. The Kier molecular flexibility index (Phi) is 4.64. The standard InChI is InChI=1S/C17H26N4O/c18-16-4-3-13(12-15(16)17(19)22)2-1-7-21-11-10-20-8-5-14(21)6-9-20/h3-4,12,14H,1-2,5-11,18H2,(H2,19,22). The third-order valence-electron chi connectivity index (χ3n) is 5.07. The summed E-state index contributed by atoms with van der Waals surface area (Å²) in [5, 5.41) is 0. The van der Waals surface area contributed by atoms with Crippen LogP contribution in [-0.4, -0.2) is 54.5 Å². The Hall–Kier alpha value is -1.59. The fraction of sp³-hybridized carbons (Fsp3) is 0.588. The van der Waals surface area contributed by atoms with Crippen molar-refractivity contribution in [1.82, 2.24) is 9.80 Å². The van der Waals surface area contributed by atoms with Crippen molar-refractivity contribution in [2.24, 2.45) is 5.73 Å². The van der Waals surface area contributed by atoms with Gasteiger partial charge in [-0.15, -0.1) is 0 Å². The molecule has 0 aliphatic carbocycles. The predicted molar refractivity (Wildman–Crippen MR) is 88.7 cm³/mol. The van der Waals surface area contributed by atoms with Gasteiger partial charge in [0.2, 0.25) is 0 Å². The number of hydrogen-bond acceptors (Lipinski definition) is 4. The normalized spacial score (nSPS) is 25.1. The summed E-state index contributed by atoms with van der Waals surface area (Å²) in [5.74, 6) is -0.446. The molecule has 1 amide bonds. The zero-order chi connectivity index (χ0) is 15.5. The molecule has 0 saturated carbocycles. The minimum Gasteiger partial charge on any atom is -0.398 e. The van der Waals surface area contributed by atoms with Crippen molar-refractivity contribution in [3.8, 4) is 0 Å². The topological polar surface area (TPSA) is 75.6 Å². The number of primary amides is 1. The lowest BCUT2D eigenvalue weighted by atomic mass is 10.0. The first-order valence-electron chi connectivity index (χ1n) is 8.28. The molecule has 3 heterocycles. The van der Waals surface area contributed by atoms with Crippen molar-refractivity contribution < 1.29 is 4.79 Å². The fourth-order valence-electron chi connectivity index (χ4n) is 3.71. The first-order valence-corrected chi connectivity index (χ1v) is 8.28. The molecule has 0 spiro atoms. The molecule has 1 aromatic carbocycles. The average Bonchev–Trinajstić information content (AvgIpc) is 2.82. The molecular formula is C17H26N4O. The Morgan fingerprint density at radius 1 is 1.18 bits per heavy atom. The predicted octanol–water partition coefficient (Wildman–Crippen LogP) is 1.08. The first-order chi connectivity index (χ1) is 10.6. The Morgan fingerprint density at radius 2 is 1.95 bits per heavy atom. The number of nitrogen functional groups attached to an aromatic ring is 1. The van der Waals surface area contributed by atoms with Crippen LogP contribution in [0, 0.1) is 0 Å². The minimum atomic E-state index is -0.446. The fourth-order valence-corrected chi connectivity index (χ4v) is 3.71. The largest absolute Gasteiger partial charge is 0.398 e. The van der Waals surface area contributed by atoms with Crippen LogP contribution >= 0.6 is 0 Å². The molecule has 4 N–H and O–H groups in total. The first kappa shape index (κ1) is 15.3. The van der Waals surface area contributed by atoms with Gasteiger partial charge in [0, 0.05) is 24.8 Å². The molecule has 120 valence electrons. The van der Waals surface area contributed by atoms with Crippen molar-refractivity contribution in [1.29, 1.82) is 0 Å². The number of carbonyl (C=O) groups is 1. The second-order valence-electron chi connectivity index (χ2n) is 6.50. The molecule has 4 rings (SSSR count). The van der Waals surface area contributed by atoms with Crippen molar-refractivity contribution in [3.63, 3.8) is 0 Å². The molecular weight excluding hydrogens is 276 g/mol. The van der Waals surface area contributed by atoms with E-state index in [1.807, 2.05) is 12.1 Å². The van der Waals surface area contributed by atoms with Crippen LogP contribution in [-0.2, 0) is 6.42 Å². The molecule has 22 heavy (non-hydrogen) atoms. The minimum absolute atomic E-state index is 0.443. The van der Waals surface area contributed by atoms with E-state index < -0.39 is 5.91 Å². The van der Waals surface area contributed by atoms with Crippen molar-refractivity contribution in [2.45, 2.75) is 31.7 Å². The Bertz CT molecular complexity index is 537. The third kappa shape index (κ3) is 3.42. The van der Waals surface area contributed by atoms with Crippen LogP contribution in [0.1, 0.15) is 35.2 Å². The van der Waals surface area contributed by atoms with Gasteiger partial charge in [0.15, 0.2) is 0 Å². The van der Waals surface area contributed by atoms with E-state index in [2.05, 4.69) is 9.80 Å². The Balaban J connectivity index is 1.54. The van der Waals surface area contributed by atoms with Crippen LogP contribution in [0.5, 0.6) is 0 Å². The van der Waals surface area contributed by atoms with Crippen LogP contribution in [0.4, 0.5) is 5.69 Å². The summed E-state index contributed by atoms with van der Waals surface area (Å²) in [4.78, 5) is 16.6. The molecule has 5 heteroatoms. The number of nitrogens with two attached hydrogens (primary N) is 2. The van der Waals surface area contributed by atoms with Gasteiger partial charge in [0.1, 0.15) is 0 Å². The summed E-state index contributed by atoms with van der Waals surface area (Å²) >= 11 is 0. The molecule has 3 aliphatic rings. The van der Waals surface area contributed by atoms with E-state index in [0.29, 0.717) is 11.3 Å². The van der Waals surface area contributed by atoms with Gasteiger partial charge in [0.25, 0.3) is 5.91 Å². The number of hydrogen-bond donors (Lipinski definition) is 2. The monoisotopic (exact) mass is 302 g/mol. The lowest BCUT2D eigenvalue weighted by Crippen LogP contribution is -2.38. The van der Waals surface area contributed by atoms with Crippen molar-refractivity contribution >= 4 is 11.6 Å². The second-order valence-corrected chi connectivity index (χ2v) is 6.50. The van der Waals surface area contributed by atoms with Gasteiger partial charge in [-0.05, 0) is 63.0 Å². The zero-order valence-corrected chi connectivity index (χ0v) is 13.1. The summed E-state index contributed by atoms with van der Waals surface area (Å²) in [6.07, 6.45) is 4.70. The molecule has 0 radical (unpaired) electrons. The van der Waals surface area contributed by atoms with Gasteiger partial charge in [-0.25, -0.2) is 0 Å². The number of benzene rings is 1. The third-order valence-corrected chi connectivity index (χ3v) is 5.07. The van der Waals surface area contributed by atoms with E-state index in [-0.39, 0.29) is 0 Å². The molecule has 2 bridgehead atoms. The number of nitrogens with zero attached hydrogens (tertiary/aromatic N) is 2. The zero-order valence-electron chi connectivity index (χ0n) is 13.1. The number of fused-ring (bicyclic) bond motifs is 4. The summed E-state index contributed by atoms with van der Waals surface area (Å²) in [6.45, 7) is 6.07. The van der Waals surface area contributed by atoms with E-state index in [1.165, 1.54) is 39.0 Å². The highest BCUT2D eigenvalue weighted by molar-refractivity contribution is 5.98. The number of anilines is 1. The SMILES string of the molecule is NC(=O)c1cc(CCCN2CCN3CCC2CC3)ccc1N. The molecule has 3 fully saturated rings. The summed E-state index contributed by atoms with van der Waals surface area (Å²) < 4.78 is 0. The van der Waals surface area contributed by atoms with Crippen LogP contribution in [0.3, 0.4) is 0 Å². The maximum atomic E-state index is 11.3. The lowest BCUT2D eigenvalue weighted by Gasteiger charge is -2.31. The van der Waals surface area contributed by atoms with Gasteiger partial charge in [-0.1, -0.05) is 6.07 Å². The van der Waals surface area contributed by atoms with Crippen molar-refractivity contribution in [3.05, 3.63) is 29.3 Å². The number of rotatable bonds is 5. The van der Waals surface area contributed by atoms with E-state index in [9.17, 15) is 4.79 Å². The number of carbonyl (C=O) groups excluding carboxylic acids is 1. The van der Waals surface area contributed by atoms with Gasteiger partial charge in [-0.3, -0.25) is 9.69 Å². The molecule has 0 unspecified atom stereocenters.